The minimum Gasteiger partial charge on any atom is -0.375 e. The molecule has 2 amide bonds. The molecule has 2 atom stereocenters. The van der Waals surface area contributed by atoms with Gasteiger partial charge in [-0.1, -0.05) is 17.9 Å². The summed E-state index contributed by atoms with van der Waals surface area (Å²) in [5, 5.41) is 12.7. The molecule has 168 valence electrons. The summed E-state index contributed by atoms with van der Waals surface area (Å²) in [6, 6.07) is 5.05. The molecule has 2 unspecified atom stereocenters. The number of aliphatic hydroxyl groups excluding tert-OH is 1. The van der Waals surface area contributed by atoms with Crippen molar-refractivity contribution in [3.63, 3.8) is 0 Å². The number of fused-ring (bicyclic) bond motifs is 1. The van der Waals surface area contributed by atoms with Gasteiger partial charge in [-0.05, 0) is 38.0 Å². The molecule has 0 aliphatic carbocycles. The summed E-state index contributed by atoms with van der Waals surface area (Å²) >= 11 is 0. The molecule has 1 fully saturated rings. The summed E-state index contributed by atoms with van der Waals surface area (Å²) < 4.78 is 16.5. The van der Waals surface area contributed by atoms with Crippen molar-refractivity contribution >= 4 is 11.8 Å². The smallest absolute Gasteiger partial charge is 0.254 e. The van der Waals surface area contributed by atoms with Gasteiger partial charge < -0.3 is 29.5 Å². The van der Waals surface area contributed by atoms with Crippen molar-refractivity contribution in [2.24, 2.45) is 0 Å². The van der Waals surface area contributed by atoms with Gasteiger partial charge in [-0.15, -0.1) is 0 Å². The number of amides is 2. The molecule has 3 rings (SSSR count). The van der Waals surface area contributed by atoms with E-state index in [1.807, 2.05) is 26.0 Å². The number of nitrogens with one attached hydrogen (secondary N) is 1. The van der Waals surface area contributed by atoms with Gasteiger partial charge in [0.05, 0.1) is 19.3 Å². The predicted molar refractivity (Wildman–Crippen MR) is 113 cm³/mol. The van der Waals surface area contributed by atoms with Gasteiger partial charge in [-0.25, -0.2) is 0 Å². The standard InChI is InChI=1S/C23H30N2O6/c1-3-30-21(31-4-2)15-29-13-6-5-8-16-9-7-10-17-18(16)14-25(23(17)28)19-11-12-20(26)24-22(19)27/h7,9-10,19,21-22,27H,3-4,6,11-15H2,1-2H3,(H,24,26). The van der Waals surface area contributed by atoms with Crippen LogP contribution in [0.1, 0.15) is 54.6 Å². The van der Waals surface area contributed by atoms with E-state index in [0.29, 0.717) is 57.8 Å². The van der Waals surface area contributed by atoms with Gasteiger partial charge >= 0.3 is 0 Å². The Labute approximate surface area is 182 Å². The van der Waals surface area contributed by atoms with E-state index in [4.69, 9.17) is 14.2 Å². The molecule has 0 radical (unpaired) electrons. The second kappa shape index (κ2) is 11.3. The first kappa shape index (κ1) is 23.2. The molecule has 0 aromatic heterocycles. The van der Waals surface area contributed by atoms with Crippen LogP contribution in [-0.4, -0.2) is 66.8 Å². The van der Waals surface area contributed by atoms with Crippen molar-refractivity contribution in [3.05, 3.63) is 34.9 Å². The highest BCUT2D eigenvalue weighted by Gasteiger charge is 2.39. The maximum absolute atomic E-state index is 12.9. The summed E-state index contributed by atoms with van der Waals surface area (Å²) in [5.74, 6) is 5.90. The first-order valence-electron chi connectivity index (χ1n) is 10.7. The Morgan fingerprint density at radius 2 is 2.03 bits per heavy atom. The maximum Gasteiger partial charge on any atom is 0.254 e. The minimum atomic E-state index is -1.05. The van der Waals surface area contributed by atoms with Crippen molar-refractivity contribution < 1.29 is 28.9 Å². The van der Waals surface area contributed by atoms with Crippen LogP contribution in [0.3, 0.4) is 0 Å². The Hall–Kier alpha value is -2.44. The van der Waals surface area contributed by atoms with Crippen LogP contribution in [0, 0.1) is 11.8 Å². The van der Waals surface area contributed by atoms with Gasteiger partial charge in [-0.2, -0.15) is 0 Å². The number of hydrogen-bond acceptors (Lipinski definition) is 6. The summed E-state index contributed by atoms with van der Waals surface area (Å²) in [5.41, 5.74) is 2.25. The van der Waals surface area contributed by atoms with Crippen LogP contribution in [0.5, 0.6) is 0 Å². The van der Waals surface area contributed by atoms with Gasteiger partial charge in [-0.3, -0.25) is 9.59 Å². The fourth-order valence-corrected chi connectivity index (χ4v) is 3.81. The minimum absolute atomic E-state index is 0.139. The van der Waals surface area contributed by atoms with E-state index in [-0.39, 0.29) is 18.1 Å². The fraction of sp³-hybridized carbons (Fsp3) is 0.565. The molecule has 0 bridgehead atoms. The van der Waals surface area contributed by atoms with E-state index in [9.17, 15) is 14.7 Å². The van der Waals surface area contributed by atoms with E-state index in [1.165, 1.54) is 0 Å². The summed E-state index contributed by atoms with van der Waals surface area (Å²) in [4.78, 5) is 26.0. The average molecular weight is 431 g/mol. The predicted octanol–water partition coefficient (Wildman–Crippen LogP) is 1.40. The van der Waals surface area contributed by atoms with E-state index in [1.54, 1.807) is 11.0 Å². The van der Waals surface area contributed by atoms with Crippen LogP contribution in [-0.2, 0) is 25.5 Å². The van der Waals surface area contributed by atoms with Crippen LogP contribution in [0.15, 0.2) is 18.2 Å². The molecule has 1 aromatic carbocycles. The summed E-state index contributed by atoms with van der Waals surface area (Å²) in [7, 11) is 0. The number of carbonyl (C=O) groups excluding carboxylic acids is 2. The molecule has 0 spiro atoms. The zero-order valence-corrected chi connectivity index (χ0v) is 18.1. The Morgan fingerprint density at radius 1 is 1.26 bits per heavy atom. The van der Waals surface area contributed by atoms with Gasteiger partial charge in [0.15, 0.2) is 6.29 Å². The Bertz CT molecular complexity index is 840. The highest BCUT2D eigenvalue weighted by molar-refractivity contribution is 5.99. The van der Waals surface area contributed by atoms with Crippen LogP contribution < -0.4 is 5.32 Å². The van der Waals surface area contributed by atoms with Gasteiger partial charge in [0, 0.05) is 43.7 Å². The number of piperidine rings is 1. The van der Waals surface area contributed by atoms with E-state index in [2.05, 4.69) is 17.2 Å². The number of hydrogen-bond donors (Lipinski definition) is 2. The van der Waals surface area contributed by atoms with Crippen molar-refractivity contribution in [3.8, 4) is 11.8 Å². The molecule has 31 heavy (non-hydrogen) atoms. The van der Waals surface area contributed by atoms with Crippen LogP contribution >= 0.6 is 0 Å². The number of ether oxygens (including phenoxy) is 3. The molecule has 1 aromatic rings. The lowest BCUT2D eigenvalue weighted by molar-refractivity contribution is -0.166. The molecule has 2 aliphatic rings. The third kappa shape index (κ3) is 5.83. The lowest BCUT2D eigenvalue weighted by Crippen LogP contribution is -2.55. The maximum atomic E-state index is 12.9. The van der Waals surface area contributed by atoms with Gasteiger partial charge in [0.2, 0.25) is 5.91 Å². The monoisotopic (exact) mass is 430 g/mol. The Morgan fingerprint density at radius 3 is 2.74 bits per heavy atom. The molecule has 8 nitrogen and oxygen atoms in total. The van der Waals surface area contributed by atoms with Crippen molar-refractivity contribution in [1.82, 2.24) is 10.2 Å². The van der Waals surface area contributed by atoms with Gasteiger partial charge in [0.25, 0.3) is 5.91 Å². The first-order valence-corrected chi connectivity index (χ1v) is 10.7. The lowest BCUT2D eigenvalue weighted by Gasteiger charge is -2.35. The van der Waals surface area contributed by atoms with Crippen LogP contribution in [0.2, 0.25) is 0 Å². The normalized spacial score (nSPS) is 20.5. The quantitative estimate of drug-likeness (QED) is 0.349. The van der Waals surface area contributed by atoms with Gasteiger partial charge in [0.1, 0.15) is 6.23 Å². The third-order valence-electron chi connectivity index (χ3n) is 5.29. The van der Waals surface area contributed by atoms with Crippen molar-refractivity contribution in [1.29, 1.82) is 0 Å². The molecule has 0 saturated carbocycles. The molecule has 1 saturated heterocycles. The average Bonchev–Trinajstić information content (AvgIpc) is 3.08. The van der Waals surface area contributed by atoms with Crippen LogP contribution in [0.4, 0.5) is 0 Å². The fourth-order valence-electron chi connectivity index (χ4n) is 3.81. The van der Waals surface area contributed by atoms with Crippen LogP contribution in [0.25, 0.3) is 0 Å². The van der Waals surface area contributed by atoms with E-state index < -0.39 is 12.3 Å². The number of rotatable bonds is 9. The van der Waals surface area contributed by atoms with Crippen molar-refractivity contribution in [2.45, 2.75) is 58.2 Å². The molecule has 2 heterocycles. The van der Waals surface area contributed by atoms with Crippen molar-refractivity contribution in [2.75, 3.05) is 26.4 Å². The SMILES string of the molecule is CCOC(COCCC#Cc1cccc2c1CN(C1CCC(=O)NC1O)C2=O)OCC. The molecular weight excluding hydrogens is 400 g/mol. The third-order valence-corrected chi connectivity index (χ3v) is 5.29. The molecule has 8 heteroatoms. The second-order valence-electron chi connectivity index (χ2n) is 7.35. The highest BCUT2D eigenvalue weighted by Crippen LogP contribution is 2.30. The summed E-state index contributed by atoms with van der Waals surface area (Å²) in [6.07, 6.45) is -0.141. The second-order valence-corrected chi connectivity index (χ2v) is 7.35. The Kier molecular flexibility index (Phi) is 8.43. The molecular formula is C23H30N2O6. The molecule has 2 aliphatic heterocycles. The zero-order chi connectivity index (χ0) is 22.2. The largest absolute Gasteiger partial charge is 0.375 e. The lowest BCUT2D eigenvalue weighted by atomic mass is 10.0. The number of benzene rings is 1. The number of aliphatic hydroxyl groups is 1. The first-order chi connectivity index (χ1) is 15.0. The number of carbonyl (C=O) groups is 2. The van der Waals surface area contributed by atoms with E-state index >= 15 is 0 Å². The highest BCUT2D eigenvalue weighted by atomic mass is 16.7. The topological polar surface area (TPSA) is 97.3 Å². The molecule has 2 N–H and O–H groups in total. The zero-order valence-electron chi connectivity index (χ0n) is 18.1. The number of nitrogens with zero attached hydrogens (tertiary/aromatic N) is 1. The summed E-state index contributed by atoms with van der Waals surface area (Å²) in [6.45, 7) is 6.13. The Balaban J connectivity index is 1.57. The van der Waals surface area contributed by atoms with E-state index in [0.717, 1.165) is 11.1 Å².